The molecule has 1 amide bonds. The number of thiazole rings is 2. The zero-order valence-corrected chi connectivity index (χ0v) is 18.0. The van der Waals surface area contributed by atoms with Crippen molar-refractivity contribution >= 4 is 44.7 Å². The molecule has 1 aliphatic rings. The van der Waals surface area contributed by atoms with Gasteiger partial charge in [0.15, 0.2) is 10.3 Å². The van der Waals surface area contributed by atoms with Crippen LogP contribution in [-0.2, 0) is 9.53 Å². The van der Waals surface area contributed by atoms with Crippen molar-refractivity contribution in [2.45, 2.75) is 45.6 Å². The quantitative estimate of drug-likeness (QED) is 0.578. The van der Waals surface area contributed by atoms with Gasteiger partial charge in [-0.1, -0.05) is 17.4 Å². The summed E-state index contributed by atoms with van der Waals surface area (Å²) in [6.45, 7) is 4.68. The van der Waals surface area contributed by atoms with Crippen LogP contribution in [0.15, 0.2) is 23.7 Å². The highest BCUT2D eigenvalue weighted by molar-refractivity contribution is 7.20. The Morgan fingerprint density at radius 1 is 1.28 bits per heavy atom. The topological polar surface area (TPSA) is 89.0 Å². The normalized spacial score (nSPS) is 16.6. The SMILES string of the molecule is Cc1cccnc1Nc1nc(-c2sc(NC(=O)C[C@H]3CCCCO3)nc2C)cs1. The van der Waals surface area contributed by atoms with Crippen LogP contribution in [0.1, 0.15) is 36.9 Å². The Kier molecular flexibility index (Phi) is 6.17. The van der Waals surface area contributed by atoms with Crippen LogP contribution >= 0.6 is 22.7 Å². The number of anilines is 3. The van der Waals surface area contributed by atoms with Crippen molar-refractivity contribution in [1.29, 1.82) is 0 Å². The number of nitrogens with one attached hydrogen (secondary N) is 2. The number of ether oxygens (including phenoxy) is 1. The van der Waals surface area contributed by atoms with E-state index in [4.69, 9.17) is 4.74 Å². The van der Waals surface area contributed by atoms with Crippen LogP contribution in [0.4, 0.5) is 16.1 Å². The third kappa shape index (κ3) is 4.98. The number of aromatic nitrogens is 3. The smallest absolute Gasteiger partial charge is 0.228 e. The Hall–Kier alpha value is -2.36. The van der Waals surface area contributed by atoms with Crippen LogP contribution in [0.3, 0.4) is 0 Å². The number of carbonyl (C=O) groups is 1. The average molecular weight is 430 g/mol. The summed E-state index contributed by atoms with van der Waals surface area (Å²) in [5.74, 6) is 0.746. The van der Waals surface area contributed by atoms with Crippen molar-refractivity contribution in [2.24, 2.45) is 0 Å². The Bertz CT molecular complexity index is 994. The number of carbonyl (C=O) groups excluding carboxylic acids is 1. The molecule has 1 aliphatic heterocycles. The molecule has 0 aromatic carbocycles. The van der Waals surface area contributed by atoms with Gasteiger partial charge in [-0.3, -0.25) is 4.79 Å². The Morgan fingerprint density at radius 2 is 2.17 bits per heavy atom. The van der Waals surface area contributed by atoms with Crippen LogP contribution < -0.4 is 10.6 Å². The minimum Gasteiger partial charge on any atom is -0.378 e. The van der Waals surface area contributed by atoms with E-state index in [1.807, 2.05) is 31.4 Å². The van der Waals surface area contributed by atoms with Crippen LogP contribution in [0, 0.1) is 13.8 Å². The van der Waals surface area contributed by atoms with E-state index in [2.05, 4.69) is 25.6 Å². The molecule has 0 bridgehead atoms. The third-order valence-corrected chi connectivity index (χ3v) is 6.55. The molecular weight excluding hydrogens is 406 g/mol. The first-order chi connectivity index (χ1) is 14.1. The third-order valence-electron chi connectivity index (χ3n) is 4.70. The maximum absolute atomic E-state index is 12.3. The van der Waals surface area contributed by atoms with E-state index in [1.54, 1.807) is 6.20 Å². The molecule has 1 atom stereocenters. The lowest BCUT2D eigenvalue weighted by Crippen LogP contribution is -2.25. The van der Waals surface area contributed by atoms with Crippen molar-refractivity contribution in [3.8, 4) is 10.6 Å². The Morgan fingerprint density at radius 3 is 2.97 bits per heavy atom. The molecule has 152 valence electrons. The summed E-state index contributed by atoms with van der Waals surface area (Å²) in [6, 6.07) is 3.91. The molecule has 9 heteroatoms. The van der Waals surface area contributed by atoms with Crippen molar-refractivity contribution in [3.05, 3.63) is 35.0 Å². The molecule has 0 aliphatic carbocycles. The van der Waals surface area contributed by atoms with E-state index in [9.17, 15) is 4.79 Å². The van der Waals surface area contributed by atoms with Gasteiger partial charge in [0.05, 0.1) is 28.8 Å². The molecule has 1 saturated heterocycles. The van der Waals surface area contributed by atoms with Crippen molar-refractivity contribution < 1.29 is 9.53 Å². The standard InChI is InChI=1S/C20H23N5O2S2/c1-12-6-5-8-21-18(12)25-19-23-15(11-28-19)17-13(2)22-20(29-17)24-16(26)10-14-7-3-4-9-27-14/h5-6,8,11,14H,3-4,7,9-10H2,1-2H3,(H,21,23,25)(H,22,24,26)/t14-/m1/s1. The fourth-order valence-corrected chi connectivity index (χ4v) is 4.90. The Labute approximate surface area is 177 Å². The van der Waals surface area contributed by atoms with Gasteiger partial charge in [0, 0.05) is 18.2 Å². The number of pyridine rings is 1. The fraction of sp³-hybridized carbons (Fsp3) is 0.400. The van der Waals surface area contributed by atoms with Gasteiger partial charge in [0.1, 0.15) is 5.82 Å². The molecule has 0 saturated carbocycles. The van der Waals surface area contributed by atoms with Crippen LogP contribution in [-0.4, -0.2) is 33.6 Å². The van der Waals surface area contributed by atoms with Gasteiger partial charge < -0.3 is 15.4 Å². The van der Waals surface area contributed by atoms with Crippen LogP contribution in [0.5, 0.6) is 0 Å². The number of hydrogen-bond acceptors (Lipinski definition) is 8. The molecule has 3 aromatic rings. The van der Waals surface area contributed by atoms with E-state index < -0.39 is 0 Å². The summed E-state index contributed by atoms with van der Waals surface area (Å²) in [5.41, 5.74) is 2.76. The Balaban J connectivity index is 1.42. The zero-order chi connectivity index (χ0) is 20.2. The molecule has 29 heavy (non-hydrogen) atoms. The molecule has 4 heterocycles. The lowest BCUT2D eigenvalue weighted by atomic mass is 10.1. The summed E-state index contributed by atoms with van der Waals surface area (Å²) in [5, 5.41) is 9.54. The lowest BCUT2D eigenvalue weighted by molar-refractivity contribution is -0.119. The first kappa shape index (κ1) is 19.9. The largest absolute Gasteiger partial charge is 0.378 e. The lowest BCUT2D eigenvalue weighted by Gasteiger charge is -2.21. The summed E-state index contributed by atoms with van der Waals surface area (Å²) >= 11 is 2.96. The summed E-state index contributed by atoms with van der Waals surface area (Å²) in [7, 11) is 0. The van der Waals surface area contributed by atoms with Gasteiger partial charge in [-0.15, -0.1) is 11.3 Å². The summed E-state index contributed by atoms with van der Waals surface area (Å²) < 4.78 is 5.65. The van der Waals surface area contributed by atoms with E-state index in [-0.39, 0.29) is 12.0 Å². The fourth-order valence-electron chi connectivity index (χ4n) is 3.19. The van der Waals surface area contributed by atoms with Crippen LogP contribution in [0.2, 0.25) is 0 Å². The molecule has 0 spiro atoms. The molecule has 7 nitrogen and oxygen atoms in total. The number of hydrogen-bond donors (Lipinski definition) is 2. The predicted octanol–water partition coefficient (Wildman–Crippen LogP) is 4.92. The first-order valence-corrected chi connectivity index (χ1v) is 11.3. The summed E-state index contributed by atoms with van der Waals surface area (Å²) in [6.07, 6.45) is 5.30. The minimum atomic E-state index is -0.0524. The van der Waals surface area contributed by atoms with E-state index in [0.29, 0.717) is 11.6 Å². The maximum Gasteiger partial charge on any atom is 0.228 e. The second-order valence-corrected chi connectivity index (χ2v) is 8.86. The molecule has 4 rings (SSSR count). The van der Waals surface area contributed by atoms with Crippen molar-refractivity contribution in [3.63, 3.8) is 0 Å². The van der Waals surface area contributed by atoms with Gasteiger partial charge in [-0.05, 0) is 44.7 Å². The van der Waals surface area contributed by atoms with Crippen molar-refractivity contribution in [1.82, 2.24) is 15.0 Å². The number of amides is 1. The maximum atomic E-state index is 12.3. The zero-order valence-electron chi connectivity index (χ0n) is 16.4. The molecule has 2 N–H and O–H groups in total. The molecule has 1 fully saturated rings. The predicted molar refractivity (Wildman–Crippen MR) is 117 cm³/mol. The monoisotopic (exact) mass is 429 g/mol. The molecule has 0 radical (unpaired) electrons. The highest BCUT2D eigenvalue weighted by atomic mass is 32.1. The van der Waals surface area contributed by atoms with Gasteiger partial charge >= 0.3 is 0 Å². The van der Waals surface area contributed by atoms with Crippen LogP contribution in [0.25, 0.3) is 10.6 Å². The molecule has 0 unspecified atom stereocenters. The van der Waals surface area contributed by atoms with Gasteiger partial charge in [0.2, 0.25) is 5.91 Å². The highest BCUT2D eigenvalue weighted by Gasteiger charge is 2.20. The van der Waals surface area contributed by atoms with Crippen molar-refractivity contribution in [2.75, 3.05) is 17.2 Å². The summed E-state index contributed by atoms with van der Waals surface area (Å²) in [4.78, 5) is 26.8. The highest BCUT2D eigenvalue weighted by Crippen LogP contribution is 2.35. The second kappa shape index (κ2) is 8.98. The number of rotatable bonds is 6. The van der Waals surface area contributed by atoms with Gasteiger partial charge in [-0.25, -0.2) is 15.0 Å². The van der Waals surface area contributed by atoms with E-state index in [0.717, 1.165) is 58.6 Å². The number of nitrogens with zero attached hydrogens (tertiary/aromatic N) is 3. The van der Waals surface area contributed by atoms with Gasteiger partial charge in [0.25, 0.3) is 0 Å². The van der Waals surface area contributed by atoms with E-state index >= 15 is 0 Å². The van der Waals surface area contributed by atoms with E-state index in [1.165, 1.54) is 22.7 Å². The first-order valence-electron chi connectivity index (χ1n) is 9.62. The second-order valence-electron chi connectivity index (χ2n) is 7.01. The van der Waals surface area contributed by atoms with Gasteiger partial charge in [-0.2, -0.15) is 0 Å². The molecular formula is C20H23N5O2S2. The number of aryl methyl sites for hydroxylation is 2. The minimum absolute atomic E-state index is 0.0199. The molecule has 3 aromatic heterocycles. The average Bonchev–Trinajstić information content (AvgIpc) is 3.30.